The van der Waals surface area contributed by atoms with E-state index in [2.05, 4.69) is 31.1 Å². The first-order valence-corrected chi connectivity index (χ1v) is 6.76. The Hall–Kier alpha value is -1.03. The van der Waals surface area contributed by atoms with Crippen LogP contribution in [0.4, 0.5) is 0 Å². The minimum absolute atomic E-state index is 0.0980. The summed E-state index contributed by atoms with van der Waals surface area (Å²) in [6.07, 6.45) is 2.55. The minimum atomic E-state index is 0.0980. The molecule has 0 aliphatic rings. The molecule has 0 radical (unpaired) electrons. The Balaban J connectivity index is 2.17. The molecule has 0 spiro atoms. The molecule has 0 saturated heterocycles. The van der Waals surface area contributed by atoms with E-state index in [1.165, 1.54) is 0 Å². The number of carbonyl (C=O) groups is 1. The van der Waals surface area contributed by atoms with E-state index in [1.54, 1.807) is 18.0 Å². The van der Waals surface area contributed by atoms with Crippen LogP contribution in [0.1, 0.15) is 26.5 Å². The molecule has 17 heavy (non-hydrogen) atoms. The summed E-state index contributed by atoms with van der Waals surface area (Å²) in [5.74, 6) is 0.618. The zero-order chi connectivity index (χ0) is 12.7. The van der Waals surface area contributed by atoms with E-state index in [-0.39, 0.29) is 10.7 Å². The molecular weight excluding hydrogens is 232 g/mol. The number of rotatable bonds is 5. The summed E-state index contributed by atoms with van der Waals surface area (Å²) in [6, 6.07) is 5.82. The second-order valence-corrected chi connectivity index (χ2v) is 6.62. The molecule has 0 bridgehead atoms. The van der Waals surface area contributed by atoms with Crippen LogP contribution in [0.25, 0.3) is 0 Å². The predicted octanol–water partition coefficient (Wildman–Crippen LogP) is 2.27. The van der Waals surface area contributed by atoms with Crippen molar-refractivity contribution in [3.63, 3.8) is 0 Å². The number of thioether (sulfide) groups is 1. The Labute approximate surface area is 107 Å². The van der Waals surface area contributed by atoms with Crippen molar-refractivity contribution in [3.05, 3.63) is 30.1 Å². The molecule has 0 fully saturated rings. The molecule has 94 valence electrons. The highest BCUT2D eigenvalue weighted by Crippen LogP contribution is 2.22. The van der Waals surface area contributed by atoms with Crippen LogP contribution in [0.3, 0.4) is 0 Å². The molecule has 1 aromatic heterocycles. The maximum absolute atomic E-state index is 11.5. The van der Waals surface area contributed by atoms with Gasteiger partial charge in [0.05, 0.1) is 5.75 Å². The van der Waals surface area contributed by atoms with E-state index in [9.17, 15) is 4.79 Å². The van der Waals surface area contributed by atoms with Crippen LogP contribution in [0.2, 0.25) is 0 Å². The number of aromatic nitrogens is 1. The van der Waals surface area contributed by atoms with Crippen LogP contribution in [0, 0.1) is 0 Å². The van der Waals surface area contributed by atoms with Gasteiger partial charge in [0.2, 0.25) is 5.91 Å². The normalized spacial score (nSPS) is 11.2. The summed E-state index contributed by atoms with van der Waals surface area (Å²) >= 11 is 1.66. The average Bonchev–Trinajstić information content (AvgIpc) is 2.27. The average molecular weight is 252 g/mol. The van der Waals surface area contributed by atoms with Gasteiger partial charge < -0.3 is 5.32 Å². The molecule has 3 nitrogen and oxygen atoms in total. The Kier molecular flexibility index (Phi) is 5.48. The molecule has 1 rings (SSSR count). The first kappa shape index (κ1) is 14.0. The van der Waals surface area contributed by atoms with Gasteiger partial charge in [-0.15, -0.1) is 11.8 Å². The lowest BCUT2D eigenvalue weighted by Gasteiger charge is -2.16. The summed E-state index contributed by atoms with van der Waals surface area (Å²) in [7, 11) is 0. The van der Waals surface area contributed by atoms with E-state index < -0.39 is 0 Å². The third-order valence-electron chi connectivity index (χ3n) is 2.07. The minimum Gasteiger partial charge on any atom is -0.355 e. The topological polar surface area (TPSA) is 42.0 Å². The van der Waals surface area contributed by atoms with Gasteiger partial charge in [-0.3, -0.25) is 9.78 Å². The Morgan fingerprint density at radius 3 is 2.76 bits per heavy atom. The van der Waals surface area contributed by atoms with Crippen molar-refractivity contribution >= 4 is 17.7 Å². The Morgan fingerprint density at radius 1 is 1.41 bits per heavy atom. The summed E-state index contributed by atoms with van der Waals surface area (Å²) in [4.78, 5) is 15.7. The van der Waals surface area contributed by atoms with Crippen molar-refractivity contribution < 1.29 is 4.79 Å². The van der Waals surface area contributed by atoms with Gasteiger partial charge in [-0.05, 0) is 12.1 Å². The highest BCUT2D eigenvalue weighted by Gasteiger charge is 2.12. The zero-order valence-electron chi connectivity index (χ0n) is 10.7. The number of nitrogens with zero attached hydrogens (tertiary/aromatic N) is 1. The number of carbonyl (C=O) groups excluding carboxylic acids is 1. The molecule has 1 heterocycles. The summed E-state index contributed by atoms with van der Waals surface area (Å²) in [5, 5.41) is 2.90. The number of nitrogens with one attached hydrogen (secondary N) is 1. The standard InChI is InChI=1S/C13H20N2OS/c1-13(2,3)17-10-12(16)15-9-7-11-6-4-5-8-14-11/h4-6,8H,7,9-10H2,1-3H3,(H,15,16). The highest BCUT2D eigenvalue weighted by molar-refractivity contribution is 8.01. The van der Waals surface area contributed by atoms with Crippen molar-refractivity contribution in [1.29, 1.82) is 0 Å². The summed E-state index contributed by atoms with van der Waals surface area (Å²) in [6.45, 7) is 6.98. The lowest BCUT2D eigenvalue weighted by molar-refractivity contribution is -0.118. The number of pyridine rings is 1. The summed E-state index contributed by atoms with van der Waals surface area (Å²) < 4.78 is 0.137. The molecular formula is C13H20N2OS. The molecule has 0 saturated carbocycles. The third-order valence-corrected chi connectivity index (χ3v) is 3.34. The Morgan fingerprint density at radius 2 is 2.18 bits per heavy atom. The fraction of sp³-hybridized carbons (Fsp3) is 0.538. The molecule has 1 amide bonds. The lowest BCUT2D eigenvalue weighted by Crippen LogP contribution is -2.29. The molecule has 1 N–H and O–H groups in total. The van der Waals surface area contributed by atoms with Crippen molar-refractivity contribution in [2.45, 2.75) is 31.9 Å². The van der Waals surface area contributed by atoms with Gasteiger partial charge in [-0.1, -0.05) is 26.8 Å². The van der Waals surface area contributed by atoms with E-state index >= 15 is 0 Å². The first-order valence-electron chi connectivity index (χ1n) is 5.78. The zero-order valence-corrected chi connectivity index (χ0v) is 11.5. The molecule has 4 heteroatoms. The van der Waals surface area contributed by atoms with Crippen LogP contribution < -0.4 is 5.32 Å². The smallest absolute Gasteiger partial charge is 0.230 e. The van der Waals surface area contributed by atoms with E-state index in [1.807, 2.05) is 18.2 Å². The van der Waals surface area contributed by atoms with Crippen molar-refractivity contribution in [1.82, 2.24) is 10.3 Å². The largest absolute Gasteiger partial charge is 0.355 e. The van der Waals surface area contributed by atoms with Crippen LogP contribution in [0.5, 0.6) is 0 Å². The van der Waals surface area contributed by atoms with Crippen LogP contribution in [-0.4, -0.2) is 27.9 Å². The predicted molar refractivity (Wildman–Crippen MR) is 73.2 cm³/mol. The summed E-state index contributed by atoms with van der Waals surface area (Å²) in [5.41, 5.74) is 1.01. The maximum atomic E-state index is 11.5. The third kappa shape index (κ3) is 7.00. The quantitative estimate of drug-likeness (QED) is 0.874. The second-order valence-electron chi connectivity index (χ2n) is 4.82. The van der Waals surface area contributed by atoms with Gasteiger partial charge in [-0.25, -0.2) is 0 Å². The monoisotopic (exact) mass is 252 g/mol. The van der Waals surface area contributed by atoms with E-state index in [0.29, 0.717) is 12.3 Å². The van der Waals surface area contributed by atoms with Crippen molar-refractivity contribution in [2.24, 2.45) is 0 Å². The van der Waals surface area contributed by atoms with Crippen LogP contribution >= 0.6 is 11.8 Å². The number of amides is 1. The maximum Gasteiger partial charge on any atom is 0.230 e. The van der Waals surface area contributed by atoms with Gasteiger partial charge in [0.25, 0.3) is 0 Å². The molecule has 0 aliphatic carbocycles. The van der Waals surface area contributed by atoms with Gasteiger partial charge in [-0.2, -0.15) is 0 Å². The van der Waals surface area contributed by atoms with E-state index in [0.717, 1.165) is 12.1 Å². The molecule has 0 aliphatic heterocycles. The fourth-order valence-corrected chi connectivity index (χ4v) is 1.88. The van der Waals surface area contributed by atoms with Crippen molar-refractivity contribution in [3.8, 4) is 0 Å². The lowest BCUT2D eigenvalue weighted by atomic mass is 10.3. The molecule has 0 atom stereocenters. The van der Waals surface area contributed by atoms with Gasteiger partial charge in [0.1, 0.15) is 0 Å². The SMILES string of the molecule is CC(C)(C)SCC(=O)NCCc1ccccn1. The highest BCUT2D eigenvalue weighted by atomic mass is 32.2. The van der Waals surface area contributed by atoms with Crippen LogP contribution in [-0.2, 0) is 11.2 Å². The van der Waals surface area contributed by atoms with Gasteiger partial charge in [0.15, 0.2) is 0 Å². The first-order chi connectivity index (χ1) is 7.97. The fourth-order valence-electron chi connectivity index (χ4n) is 1.21. The van der Waals surface area contributed by atoms with E-state index in [4.69, 9.17) is 0 Å². The Bertz CT molecular complexity index is 346. The van der Waals surface area contributed by atoms with Crippen LogP contribution in [0.15, 0.2) is 24.4 Å². The molecule has 1 aromatic rings. The number of hydrogen-bond acceptors (Lipinski definition) is 3. The van der Waals surface area contributed by atoms with Gasteiger partial charge in [0, 0.05) is 29.6 Å². The second kappa shape index (κ2) is 6.64. The van der Waals surface area contributed by atoms with Gasteiger partial charge >= 0.3 is 0 Å². The molecule has 0 unspecified atom stereocenters. The molecule has 0 aromatic carbocycles. The number of hydrogen-bond donors (Lipinski definition) is 1. The van der Waals surface area contributed by atoms with Crippen molar-refractivity contribution in [2.75, 3.05) is 12.3 Å².